The highest BCUT2D eigenvalue weighted by Crippen LogP contribution is 2.36. The number of nitrogens with two attached hydrogens (primary N) is 1. The van der Waals surface area contributed by atoms with Gasteiger partial charge in [-0.1, -0.05) is 36.4 Å². The molecule has 0 saturated carbocycles. The van der Waals surface area contributed by atoms with Crippen LogP contribution in [0.1, 0.15) is 11.1 Å². The minimum absolute atomic E-state index is 0.164. The Labute approximate surface area is 147 Å². The molecule has 2 aromatic carbocycles. The third kappa shape index (κ3) is 2.77. The van der Waals surface area contributed by atoms with Crippen molar-refractivity contribution in [2.75, 3.05) is 5.73 Å². The van der Waals surface area contributed by atoms with Gasteiger partial charge in [0.2, 0.25) is 0 Å². The topological polar surface area (TPSA) is 62.7 Å². The van der Waals surface area contributed by atoms with Crippen LogP contribution in [0, 0.1) is 24.1 Å². The van der Waals surface area contributed by atoms with Gasteiger partial charge in [0.25, 0.3) is 0 Å². The van der Waals surface area contributed by atoms with Gasteiger partial charge in [-0.15, -0.1) is 0 Å². The van der Waals surface area contributed by atoms with Gasteiger partial charge in [0.1, 0.15) is 23.3 Å². The zero-order valence-electron chi connectivity index (χ0n) is 12.8. The molecule has 0 spiro atoms. The van der Waals surface area contributed by atoms with Crippen molar-refractivity contribution >= 4 is 21.7 Å². The Balaban J connectivity index is 2.34. The summed E-state index contributed by atoms with van der Waals surface area (Å²) in [4.78, 5) is 4.41. The smallest absolute Gasteiger partial charge is 0.142 e. The van der Waals surface area contributed by atoms with Gasteiger partial charge in [-0.25, -0.2) is 9.37 Å². The van der Waals surface area contributed by atoms with Crippen molar-refractivity contribution in [3.05, 3.63) is 69.9 Å². The number of nitrogen functional groups attached to an aromatic ring is 1. The second-order valence-corrected chi connectivity index (χ2v) is 6.18. The van der Waals surface area contributed by atoms with Crippen molar-refractivity contribution in [2.45, 2.75) is 6.92 Å². The van der Waals surface area contributed by atoms with Gasteiger partial charge in [-0.05, 0) is 46.1 Å². The lowest BCUT2D eigenvalue weighted by Gasteiger charge is -2.15. The van der Waals surface area contributed by atoms with Crippen LogP contribution in [0.2, 0.25) is 0 Å². The number of hydrogen-bond donors (Lipinski definition) is 1. The summed E-state index contributed by atoms with van der Waals surface area (Å²) in [7, 11) is 0. The van der Waals surface area contributed by atoms with Gasteiger partial charge in [-0.3, -0.25) is 0 Å². The van der Waals surface area contributed by atoms with E-state index in [4.69, 9.17) is 5.73 Å². The number of nitrogens with zero attached hydrogens (tertiary/aromatic N) is 2. The van der Waals surface area contributed by atoms with Crippen LogP contribution in [0.25, 0.3) is 22.4 Å². The Kier molecular flexibility index (Phi) is 4.32. The molecule has 118 valence electrons. The maximum Gasteiger partial charge on any atom is 0.142 e. The van der Waals surface area contributed by atoms with Crippen LogP contribution < -0.4 is 5.73 Å². The Morgan fingerprint density at radius 2 is 1.83 bits per heavy atom. The molecule has 1 heterocycles. The molecular formula is C19H13BrFN3. The molecule has 24 heavy (non-hydrogen) atoms. The molecule has 0 atom stereocenters. The van der Waals surface area contributed by atoms with Gasteiger partial charge >= 0.3 is 0 Å². The van der Waals surface area contributed by atoms with Crippen LogP contribution in [-0.2, 0) is 0 Å². The Bertz CT molecular complexity index is 963. The quantitative estimate of drug-likeness (QED) is 0.672. The van der Waals surface area contributed by atoms with Crippen molar-refractivity contribution in [2.24, 2.45) is 0 Å². The zero-order valence-corrected chi connectivity index (χ0v) is 14.4. The molecule has 0 saturated heterocycles. The SMILES string of the molecule is Cc1c(-c2ccccc2)nc(N)c(C#N)c1-c1ccc(F)c(Br)c1. The standard InChI is InChI=1S/C19H13BrFN3/c1-11-17(13-7-8-16(21)15(20)9-13)14(10-22)19(23)24-18(11)12-5-3-2-4-6-12/h2-9H,1H3,(H2,23,24). The number of nitriles is 1. The number of anilines is 1. The van der Waals surface area contributed by atoms with E-state index in [2.05, 4.69) is 27.0 Å². The highest BCUT2D eigenvalue weighted by molar-refractivity contribution is 9.10. The van der Waals surface area contributed by atoms with Gasteiger partial charge in [0.05, 0.1) is 10.2 Å². The molecule has 5 heteroatoms. The molecule has 0 radical (unpaired) electrons. The average molecular weight is 382 g/mol. The number of aromatic nitrogens is 1. The van der Waals surface area contributed by atoms with Crippen LogP contribution in [0.15, 0.2) is 53.0 Å². The number of pyridine rings is 1. The third-order valence-corrected chi connectivity index (χ3v) is 4.44. The van der Waals surface area contributed by atoms with E-state index in [1.165, 1.54) is 6.07 Å². The molecule has 0 aliphatic carbocycles. The molecule has 0 amide bonds. The summed E-state index contributed by atoms with van der Waals surface area (Å²) >= 11 is 3.19. The monoisotopic (exact) mass is 381 g/mol. The van der Waals surface area contributed by atoms with Gasteiger partial charge in [0, 0.05) is 11.1 Å². The van der Waals surface area contributed by atoms with Crippen molar-refractivity contribution < 1.29 is 4.39 Å². The minimum atomic E-state index is -0.361. The Morgan fingerprint density at radius 1 is 1.12 bits per heavy atom. The molecule has 2 N–H and O–H groups in total. The maximum atomic E-state index is 13.6. The lowest BCUT2D eigenvalue weighted by Crippen LogP contribution is -2.03. The van der Waals surface area contributed by atoms with E-state index in [1.54, 1.807) is 12.1 Å². The number of rotatable bonds is 2. The third-order valence-electron chi connectivity index (χ3n) is 3.84. The Hall–Kier alpha value is -2.71. The van der Waals surface area contributed by atoms with Crippen molar-refractivity contribution in [3.63, 3.8) is 0 Å². The van der Waals surface area contributed by atoms with Crippen molar-refractivity contribution in [1.82, 2.24) is 4.98 Å². The molecule has 1 aromatic heterocycles. The lowest BCUT2D eigenvalue weighted by atomic mass is 9.93. The highest BCUT2D eigenvalue weighted by atomic mass is 79.9. The number of benzene rings is 2. The first kappa shape index (κ1) is 16.2. The first-order valence-electron chi connectivity index (χ1n) is 7.24. The zero-order chi connectivity index (χ0) is 17.3. The fourth-order valence-electron chi connectivity index (χ4n) is 2.70. The lowest BCUT2D eigenvalue weighted by molar-refractivity contribution is 0.621. The fraction of sp³-hybridized carbons (Fsp3) is 0.0526. The second-order valence-electron chi connectivity index (χ2n) is 5.33. The van der Waals surface area contributed by atoms with Crippen molar-refractivity contribution in [3.8, 4) is 28.5 Å². The largest absolute Gasteiger partial charge is 0.383 e. The fourth-order valence-corrected chi connectivity index (χ4v) is 3.08. The van der Waals surface area contributed by atoms with Gasteiger partial charge in [-0.2, -0.15) is 5.26 Å². The molecule has 0 unspecified atom stereocenters. The summed E-state index contributed by atoms with van der Waals surface area (Å²) in [6.45, 7) is 1.89. The van der Waals surface area contributed by atoms with E-state index in [-0.39, 0.29) is 11.6 Å². The molecule has 3 nitrogen and oxygen atoms in total. The maximum absolute atomic E-state index is 13.6. The molecule has 3 aromatic rings. The van der Waals surface area contributed by atoms with E-state index in [9.17, 15) is 9.65 Å². The van der Waals surface area contributed by atoms with Gasteiger partial charge < -0.3 is 5.73 Å². The predicted octanol–water partition coefficient (Wildman–Crippen LogP) is 5.08. The van der Waals surface area contributed by atoms with Crippen LogP contribution in [0.4, 0.5) is 10.2 Å². The second kappa shape index (κ2) is 6.42. The van der Waals surface area contributed by atoms with Gasteiger partial charge in [0.15, 0.2) is 0 Å². The summed E-state index contributed by atoms with van der Waals surface area (Å²) in [6.07, 6.45) is 0. The van der Waals surface area contributed by atoms with E-state index < -0.39 is 0 Å². The molecular weight excluding hydrogens is 369 g/mol. The molecule has 0 bridgehead atoms. The first-order chi connectivity index (χ1) is 11.5. The number of halogens is 2. The van der Waals surface area contributed by atoms with Crippen molar-refractivity contribution in [1.29, 1.82) is 5.26 Å². The summed E-state index contributed by atoms with van der Waals surface area (Å²) in [5, 5.41) is 9.51. The average Bonchev–Trinajstić information content (AvgIpc) is 2.59. The van der Waals surface area contributed by atoms with Crippen LogP contribution >= 0.6 is 15.9 Å². The summed E-state index contributed by atoms with van der Waals surface area (Å²) in [5.41, 5.74) is 10.2. The van der Waals surface area contributed by atoms with Crippen LogP contribution in [0.5, 0.6) is 0 Å². The predicted molar refractivity (Wildman–Crippen MR) is 96.6 cm³/mol. The number of hydrogen-bond acceptors (Lipinski definition) is 3. The van der Waals surface area contributed by atoms with Crippen LogP contribution in [-0.4, -0.2) is 4.98 Å². The minimum Gasteiger partial charge on any atom is -0.383 e. The van der Waals surface area contributed by atoms with E-state index in [0.717, 1.165) is 11.1 Å². The summed E-state index contributed by atoms with van der Waals surface area (Å²) in [6, 6.07) is 16.4. The summed E-state index contributed by atoms with van der Waals surface area (Å²) in [5.74, 6) is -0.197. The highest BCUT2D eigenvalue weighted by Gasteiger charge is 2.18. The molecule has 0 fully saturated rings. The van der Waals surface area contributed by atoms with Crippen LogP contribution in [0.3, 0.4) is 0 Å². The first-order valence-corrected chi connectivity index (χ1v) is 8.03. The molecule has 0 aliphatic heterocycles. The normalized spacial score (nSPS) is 10.4. The van der Waals surface area contributed by atoms with E-state index in [0.29, 0.717) is 26.9 Å². The van der Waals surface area contributed by atoms with E-state index >= 15 is 0 Å². The molecule has 0 aliphatic rings. The Morgan fingerprint density at radius 3 is 2.46 bits per heavy atom. The summed E-state index contributed by atoms with van der Waals surface area (Å²) < 4.78 is 13.9. The molecule has 3 rings (SSSR count). The van der Waals surface area contributed by atoms with E-state index in [1.807, 2.05) is 37.3 Å².